The number of hydrogen-bond donors (Lipinski definition) is 0. The summed E-state index contributed by atoms with van der Waals surface area (Å²) < 4.78 is 31.7. The molecule has 0 aliphatic carbocycles. The number of pyridine rings is 1. The summed E-state index contributed by atoms with van der Waals surface area (Å²) in [6, 6.07) is 8.76. The SMILES string of the molecule is O=[N+]([O-])c1ccccc1S(=O)(=O)N1CC(Oc2cccnc2)C1. The van der Waals surface area contributed by atoms with Crippen molar-refractivity contribution in [3.63, 3.8) is 0 Å². The Bertz CT molecular complexity index is 819. The van der Waals surface area contributed by atoms with E-state index < -0.39 is 20.6 Å². The minimum absolute atomic E-state index is 0.142. The zero-order valence-corrected chi connectivity index (χ0v) is 12.7. The molecular formula is C14H13N3O5S. The molecule has 8 nitrogen and oxygen atoms in total. The second-order valence-corrected chi connectivity index (χ2v) is 6.88. The van der Waals surface area contributed by atoms with Crippen LogP contribution in [-0.4, -0.2) is 41.8 Å². The molecule has 0 saturated carbocycles. The normalized spacial score (nSPS) is 15.8. The monoisotopic (exact) mass is 335 g/mol. The minimum Gasteiger partial charge on any atom is -0.486 e. The Hall–Kier alpha value is -2.52. The van der Waals surface area contributed by atoms with E-state index in [1.54, 1.807) is 24.5 Å². The van der Waals surface area contributed by atoms with Gasteiger partial charge in [0.2, 0.25) is 10.0 Å². The standard InChI is InChI=1S/C14H13N3O5S/c18-17(19)13-5-1-2-6-14(13)23(20,21)16-9-12(10-16)22-11-4-3-7-15-8-11/h1-8,12H,9-10H2. The Balaban J connectivity index is 1.73. The van der Waals surface area contributed by atoms with Gasteiger partial charge < -0.3 is 4.74 Å². The number of benzene rings is 1. The summed E-state index contributed by atoms with van der Waals surface area (Å²) in [5.41, 5.74) is -0.427. The number of nitrogens with zero attached hydrogens (tertiary/aromatic N) is 3. The fourth-order valence-electron chi connectivity index (χ4n) is 2.25. The molecule has 0 N–H and O–H groups in total. The van der Waals surface area contributed by atoms with E-state index in [0.717, 1.165) is 4.31 Å². The van der Waals surface area contributed by atoms with Crippen LogP contribution in [0.15, 0.2) is 53.7 Å². The number of rotatable bonds is 5. The van der Waals surface area contributed by atoms with Crippen molar-refractivity contribution in [1.29, 1.82) is 0 Å². The van der Waals surface area contributed by atoms with Gasteiger partial charge in [-0.15, -0.1) is 0 Å². The van der Waals surface area contributed by atoms with E-state index in [4.69, 9.17) is 4.74 Å². The first-order chi connectivity index (χ1) is 11.0. The molecule has 1 fully saturated rings. The lowest BCUT2D eigenvalue weighted by Gasteiger charge is -2.37. The molecule has 0 spiro atoms. The summed E-state index contributed by atoms with van der Waals surface area (Å²) in [6.45, 7) is 0.284. The van der Waals surface area contributed by atoms with Crippen LogP contribution in [0.1, 0.15) is 0 Å². The molecule has 0 amide bonds. The molecule has 120 valence electrons. The van der Waals surface area contributed by atoms with Gasteiger partial charge >= 0.3 is 0 Å². The number of para-hydroxylation sites is 1. The molecule has 3 rings (SSSR count). The van der Waals surface area contributed by atoms with Gasteiger partial charge in [0.25, 0.3) is 5.69 Å². The van der Waals surface area contributed by atoms with Crippen LogP contribution in [0.5, 0.6) is 5.75 Å². The van der Waals surface area contributed by atoms with Crippen molar-refractivity contribution in [3.8, 4) is 5.75 Å². The van der Waals surface area contributed by atoms with E-state index in [-0.39, 0.29) is 24.1 Å². The lowest BCUT2D eigenvalue weighted by molar-refractivity contribution is -0.387. The average molecular weight is 335 g/mol. The number of aromatic nitrogens is 1. The summed E-state index contributed by atoms with van der Waals surface area (Å²) in [7, 11) is -3.91. The fraction of sp³-hybridized carbons (Fsp3) is 0.214. The maximum Gasteiger partial charge on any atom is 0.289 e. The first-order valence-electron chi connectivity index (χ1n) is 6.79. The van der Waals surface area contributed by atoms with E-state index in [1.165, 1.54) is 24.3 Å². The maximum absolute atomic E-state index is 12.5. The molecule has 0 atom stereocenters. The van der Waals surface area contributed by atoms with E-state index in [2.05, 4.69) is 4.98 Å². The summed E-state index contributed by atoms with van der Waals surface area (Å²) in [5, 5.41) is 11.0. The Kier molecular flexibility index (Phi) is 3.97. The zero-order valence-electron chi connectivity index (χ0n) is 11.9. The van der Waals surface area contributed by atoms with Gasteiger partial charge in [-0.25, -0.2) is 8.42 Å². The smallest absolute Gasteiger partial charge is 0.289 e. The van der Waals surface area contributed by atoms with Crippen LogP contribution in [-0.2, 0) is 10.0 Å². The average Bonchev–Trinajstić information content (AvgIpc) is 2.51. The third-order valence-corrected chi connectivity index (χ3v) is 5.31. The highest BCUT2D eigenvalue weighted by Crippen LogP contribution is 2.29. The van der Waals surface area contributed by atoms with Crippen molar-refractivity contribution in [3.05, 3.63) is 58.9 Å². The van der Waals surface area contributed by atoms with Crippen molar-refractivity contribution >= 4 is 15.7 Å². The van der Waals surface area contributed by atoms with Gasteiger partial charge in [0.15, 0.2) is 4.90 Å². The van der Waals surface area contributed by atoms with Gasteiger partial charge in [-0.2, -0.15) is 4.31 Å². The van der Waals surface area contributed by atoms with Gasteiger partial charge in [0.05, 0.1) is 24.2 Å². The van der Waals surface area contributed by atoms with Crippen LogP contribution in [0.2, 0.25) is 0 Å². The molecule has 2 heterocycles. The van der Waals surface area contributed by atoms with E-state index in [1.807, 2.05) is 0 Å². The van der Waals surface area contributed by atoms with Gasteiger partial charge in [-0.05, 0) is 18.2 Å². The molecule has 0 bridgehead atoms. The number of hydrogen-bond acceptors (Lipinski definition) is 6. The quantitative estimate of drug-likeness (QED) is 0.605. The maximum atomic E-state index is 12.5. The van der Waals surface area contributed by atoms with Gasteiger partial charge in [-0.1, -0.05) is 12.1 Å². The predicted molar refractivity (Wildman–Crippen MR) is 80.5 cm³/mol. The summed E-state index contributed by atoms with van der Waals surface area (Å²) in [5.74, 6) is 0.556. The summed E-state index contributed by atoms with van der Waals surface area (Å²) in [4.78, 5) is 13.9. The molecule has 1 saturated heterocycles. The highest BCUT2D eigenvalue weighted by atomic mass is 32.2. The Morgan fingerprint density at radius 3 is 2.61 bits per heavy atom. The number of ether oxygens (including phenoxy) is 1. The highest BCUT2D eigenvalue weighted by Gasteiger charge is 2.40. The number of sulfonamides is 1. The number of nitro groups is 1. The molecule has 1 aliphatic heterocycles. The van der Waals surface area contributed by atoms with Crippen molar-refractivity contribution < 1.29 is 18.1 Å². The van der Waals surface area contributed by atoms with Crippen LogP contribution in [0.25, 0.3) is 0 Å². The second kappa shape index (κ2) is 5.94. The van der Waals surface area contributed by atoms with Crippen LogP contribution in [0.3, 0.4) is 0 Å². The van der Waals surface area contributed by atoms with Crippen LogP contribution < -0.4 is 4.74 Å². The van der Waals surface area contributed by atoms with Gasteiger partial charge in [0, 0.05) is 12.3 Å². The van der Waals surface area contributed by atoms with Crippen molar-refractivity contribution in [1.82, 2.24) is 9.29 Å². The van der Waals surface area contributed by atoms with E-state index in [0.29, 0.717) is 5.75 Å². The lowest BCUT2D eigenvalue weighted by atomic mass is 10.2. The van der Waals surface area contributed by atoms with Crippen LogP contribution in [0, 0.1) is 10.1 Å². The molecule has 0 radical (unpaired) electrons. The third-order valence-electron chi connectivity index (χ3n) is 3.43. The van der Waals surface area contributed by atoms with Crippen LogP contribution >= 0.6 is 0 Å². The fourth-order valence-corrected chi connectivity index (χ4v) is 3.91. The first-order valence-corrected chi connectivity index (χ1v) is 8.23. The van der Waals surface area contributed by atoms with E-state index in [9.17, 15) is 18.5 Å². The Labute approximate surface area is 132 Å². The molecular weight excluding hydrogens is 322 g/mol. The minimum atomic E-state index is -3.91. The zero-order chi connectivity index (χ0) is 16.4. The van der Waals surface area contributed by atoms with Crippen molar-refractivity contribution in [2.45, 2.75) is 11.0 Å². The third kappa shape index (κ3) is 3.01. The highest BCUT2D eigenvalue weighted by molar-refractivity contribution is 7.89. The largest absolute Gasteiger partial charge is 0.486 e. The Morgan fingerprint density at radius 2 is 1.96 bits per heavy atom. The molecule has 2 aromatic rings. The van der Waals surface area contributed by atoms with Gasteiger partial charge in [-0.3, -0.25) is 15.1 Å². The summed E-state index contributed by atoms with van der Waals surface area (Å²) in [6.07, 6.45) is 2.86. The summed E-state index contributed by atoms with van der Waals surface area (Å²) >= 11 is 0. The van der Waals surface area contributed by atoms with Gasteiger partial charge in [0.1, 0.15) is 11.9 Å². The Morgan fingerprint density at radius 1 is 1.22 bits per heavy atom. The molecule has 1 aromatic heterocycles. The predicted octanol–water partition coefficient (Wildman–Crippen LogP) is 1.44. The molecule has 0 unspecified atom stereocenters. The molecule has 1 aliphatic rings. The van der Waals surface area contributed by atoms with E-state index >= 15 is 0 Å². The second-order valence-electron chi connectivity index (χ2n) is 4.98. The molecule has 1 aromatic carbocycles. The van der Waals surface area contributed by atoms with Crippen molar-refractivity contribution in [2.24, 2.45) is 0 Å². The first kappa shape index (κ1) is 15.4. The van der Waals surface area contributed by atoms with Crippen LogP contribution in [0.4, 0.5) is 5.69 Å². The topological polar surface area (TPSA) is 103 Å². The molecule has 23 heavy (non-hydrogen) atoms. The lowest BCUT2D eigenvalue weighted by Crippen LogP contribution is -2.56. The van der Waals surface area contributed by atoms with Crippen molar-refractivity contribution in [2.75, 3.05) is 13.1 Å². The molecule has 9 heteroatoms. The number of nitro benzene ring substituents is 1.